The van der Waals surface area contributed by atoms with Gasteiger partial charge < -0.3 is 10.5 Å². The van der Waals surface area contributed by atoms with E-state index in [1.165, 1.54) is 30.1 Å². The highest BCUT2D eigenvalue weighted by molar-refractivity contribution is 6.07. The lowest BCUT2D eigenvalue weighted by Gasteiger charge is -2.34. The van der Waals surface area contributed by atoms with Crippen molar-refractivity contribution in [1.29, 1.82) is 0 Å². The Morgan fingerprint density at radius 1 is 1.38 bits per heavy atom. The van der Waals surface area contributed by atoms with Gasteiger partial charge in [-0.1, -0.05) is 30.9 Å². The Morgan fingerprint density at radius 3 is 2.72 bits per heavy atom. The number of allylic oxidation sites excluding steroid dienone is 2. The lowest BCUT2D eigenvalue weighted by atomic mass is 9.73. The number of alkyl halides is 2. The van der Waals surface area contributed by atoms with Crippen LogP contribution in [0.5, 0.6) is 0 Å². The maximum absolute atomic E-state index is 14.4. The molecule has 0 radical (unpaired) electrons. The number of rotatable bonds is 5. The summed E-state index contributed by atoms with van der Waals surface area (Å²) < 4.78 is 45.0. The average molecular weight is 443 g/mol. The number of amides is 1. The lowest BCUT2D eigenvalue weighted by molar-refractivity contribution is -0.132. The largest absolute Gasteiger partial charge is 0.435 e. The molecule has 0 aromatic heterocycles. The first-order chi connectivity index (χ1) is 15.3. The fraction of sp³-hybridized carbons (Fsp3) is 0.417. The quantitative estimate of drug-likeness (QED) is 0.699. The molecule has 1 amide bonds. The van der Waals surface area contributed by atoms with Crippen molar-refractivity contribution in [2.24, 2.45) is 22.6 Å². The lowest BCUT2D eigenvalue weighted by Crippen LogP contribution is -2.45. The van der Waals surface area contributed by atoms with E-state index in [9.17, 15) is 18.0 Å². The number of hydrogen-bond donors (Lipinski definition) is 1. The Hall–Kier alpha value is -3.21. The Morgan fingerprint density at radius 2 is 2.12 bits per heavy atom. The normalized spacial score (nSPS) is 25.2. The van der Waals surface area contributed by atoms with Crippen LogP contribution < -0.4 is 5.73 Å². The van der Waals surface area contributed by atoms with Crippen LogP contribution in [-0.4, -0.2) is 30.4 Å². The van der Waals surface area contributed by atoms with Gasteiger partial charge in [0, 0.05) is 19.4 Å². The summed E-state index contributed by atoms with van der Waals surface area (Å²) >= 11 is 0. The van der Waals surface area contributed by atoms with Crippen molar-refractivity contribution < 1.29 is 22.7 Å². The van der Waals surface area contributed by atoms with Gasteiger partial charge in [0.05, 0.1) is 5.56 Å². The van der Waals surface area contributed by atoms with E-state index in [1.54, 1.807) is 6.08 Å². The van der Waals surface area contributed by atoms with Gasteiger partial charge in [-0.3, -0.25) is 9.69 Å². The molecule has 4 rings (SSSR count). The fourth-order valence-electron chi connectivity index (χ4n) is 4.30. The van der Waals surface area contributed by atoms with E-state index in [-0.39, 0.29) is 35.5 Å². The van der Waals surface area contributed by atoms with Gasteiger partial charge in [0.15, 0.2) is 11.5 Å². The molecule has 0 saturated heterocycles. The molecule has 1 saturated carbocycles. The number of carbonyl (C=O) groups excluding carboxylic acids is 1. The van der Waals surface area contributed by atoms with Gasteiger partial charge in [0.2, 0.25) is 0 Å². The van der Waals surface area contributed by atoms with Crippen molar-refractivity contribution in [3.63, 3.8) is 0 Å². The highest BCUT2D eigenvalue weighted by Gasteiger charge is 2.53. The summed E-state index contributed by atoms with van der Waals surface area (Å²) in [5, 5.41) is 0. The number of carbonyl (C=O) groups is 1. The molecule has 1 aliphatic heterocycles. The molecule has 2 atom stereocenters. The third kappa shape index (κ3) is 3.77. The van der Waals surface area contributed by atoms with Crippen LogP contribution in [0, 0.1) is 29.5 Å². The zero-order valence-corrected chi connectivity index (χ0v) is 17.9. The topological polar surface area (TPSA) is 67.9 Å². The van der Waals surface area contributed by atoms with Crippen molar-refractivity contribution in [3.05, 3.63) is 58.6 Å². The van der Waals surface area contributed by atoms with Crippen LogP contribution in [0.25, 0.3) is 0 Å². The number of hydrogen-bond acceptors (Lipinski definition) is 4. The van der Waals surface area contributed by atoms with Crippen molar-refractivity contribution in [2.45, 2.75) is 44.8 Å². The number of nitrogens with zero attached hydrogens (tertiary/aromatic N) is 2. The van der Waals surface area contributed by atoms with Gasteiger partial charge in [-0.2, -0.15) is 8.78 Å². The molecule has 5 nitrogen and oxygen atoms in total. The second kappa shape index (κ2) is 8.38. The minimum absolute atomic E-state index is 0.0421. The van der Waals surface area contributed by atoms with E-state index in [0.29, 0.717) is 17.6 Å². The molecule has 1 unspecified atom stereocenters. The van der Waals surface area contributed by atoms with Crippen molar-refractivity contribution in [3.8, 4) is 11.8 Å². The highest BCUT2D eigenvalue weighted by atomic mass is 19.3. The summed E-state index contributed by atoms with van der Waals surface area (Å²) in [4.78, 5) is 19.3. The first-order valence-corrected chi connectivity index (χ1v) is 10.6. The molecule has 1 aromatic carbocycles. The first kappa shape index (κ1) is 22.0. The van der Waals surface area contributed by atoms with Crippen LogP contribution in [0.4, 0.5) is 13.2 Å². The molecule has 0 spiro atoms. The van der Waals surface area contributed by atoms with E-state index >= 15 is 0 Å². The number of guanidine groups is 1. The van der Waals surface area contributed by atoms with Gasteiger partial charge in [-0.05, 0) is 54.5 Å². The van der Waals surface area contributed by atoms with E-state index in [1.807, 2.05) is 13.0 Å². The Balaban J connectivity index is 1.84. The molecule has 3 aliphatic rings. The number of ether oxygens (including phenoxy) is 1. The fourth-order valence-corrected chi connectivity index (χ4v) is 4.30. The zero-order chi connectivity index (χ0) is 23.0. The molecule has 0 bridgehead atoms. The molecule has 1 fully saturated rings. The van der Waals surface area contributed by atoms with Crippen LogP contribution in [-0.2, 0) is 15.1 Å². The van der Waals surface area contributed by atoms with Crippen LogP contribution in [0.15, 0.2) is 46.7 Å². The summed E-state index contributed by atoms with van der Waals surface area (Å²) in [7, 11) is 1.53. The van der Waals surface area contributed by atoms with Crippen LogP contribution in [0.2, 0.25) is 0 Å². The molecule has 2 N–H and O–H groups in total. The molecule has 32 heavy (non-hydrogen) atoms. The van der Waals surface area contributed by atoms with Gasteiger partial charge >= 0.3 is 6.61 Å². The van der Waals surface area contributed by atoms with Gasteiger partial charge in [0.25, 0.3) is 5.91 Å². The van der Waals surface area contributed by atoms with E-state index < -0.39 is 23.9 Å². The summed E-state index contributed by atoms with van der Waals surface area (Å²) in [5.74, 6) is 4.57. The van der Waals surface area contributed by atoms with Gasteiger partial charge in [-0.25, -0.2) is 9.38 Å². The Bertz CT molecular complexity index is 1100. The predicted octanol–water partition coefficient (Wildman–Crippen LogP) is 4.05. The van der Waals surface area contributed by atoms with Gasteiger partial charge in [-0.15, -0.1) is 0 Å². The summed E-state index contributed by atoms with van der Waals surface area (Å²) in [5.41, 5.74) is 5.87. The third-order valence-electron chi connectivity index (χ3n) is 6.06. The molecular formula is C24H24F3N3O2. The molecular weight excluding hydrogens is 419 g/mol. The summed E-state index contributed by atoms with van der Waals surface area (Å²) in [6.07, 6.45) is 5.91. The van der Waals surface area contributed by atoms with Crippen molar-refractivity contribution >= 4 is 11.9 Å². The van der Waals surface area contributed by atoms with Crippen molar-refractivity contribution in [1.82, 2.24) is 4.90 Å². The molecule has 2 aliphatic carbocycles. The monoisotopic (exact) mass is 443 g/mol. The summed E-state index contributed by atoms with van der Waals surface area (Å²) in [6.45, 7) is -1.08. The zero-order valence-electron chi connectivity index (χ0n) is 17.9. The Kier molecular flexibility index (Phi) is 5.76. The van der Waals surface area contributed by atoms with E-state index in [0.717, 1.165) is 12.8 Å². The standard InChI is InChI=1S/C24H24F3N3O2/c1-3-4-5-15-12-16(8-10-19(15)25)24(21(31)30(2)23(28)29-24)17-9-11-20(32-22(26)27)18(13-17)14-6-7-14/h8,10-14,17,22H,3,6-7,9H2,1-2H3,(H2,28,29)/t17?,24-/m0/s1. The number of halogens is 3. The number of benzene rings is 1. The van der Waals surface area contributed by atoms with Gasteiger partial charge in [0.1, 0.15) is 11.6 Å². The van der Waals surface area contributed by atoms with E-state index in [4.69, 9.17) is 10.5 Å². The average Bonchev–Trinajstić information content (AvgIpc) is 3.58. The maximum atomic E-state index is 14.4. The van der Waals surface area contributed by atoms with E-state index in [2.05, 4.69) is 16.8 Å². The predicted molar refractivity (Wildman–Crippen MR) is 114 cm³/mol. The highest BCUT2D eigenvalue weighted by Crippen LogP contribution is 2.49. The van der Waals surface area contributed by atoms with Crippen molar-refractivity contribution in [2.75, 3.05) is 7.05 Å². The summed E-state index contributed by atoms with van der Waals surface area (Å²) in [6, 6.07) is 4.31. The third-order valence-corrected chi connectivity index (χ3v) is 6.06. The molecule has 8 heteroatoms. The van der Waals surface area contributed by atoms with Crippen LogP contribution in [0.3, 0.4) is 0 Å². The maximum Gasteiger partial charge on any atom is 0.387 e. The second-order valence-corrected chi connectivity index (χ2v) is 8.14. The minimum atomic E-state index is -2.93. The smallest absolute Gasteiger partial charge is 0.387 e. The Labute approximate surface area is 184 Å². The number of aliphatic imine (C=N–C) groups is 1. The number of likely N-dealkylation sites (N-methyl/N-ethyl adjacent to an activating group) is 1. The SMILES string of the molecule is CCC#Cc1cc([C@@]2(C3C=C(C4CC4)C(OC(F)F)=CC3)N=C(N)N(C)C2=O)ccc1F. The second-order valence-electron chi connectivity index (χ2n) is 8.14. The molecule has 1 aromatic rings. The van der Waals surface area contributed by atoms with Crippen LogP contribution in [0.1, 0.15) is 43.7 Å². The first-order valence-electron chi connectivity index (χ1n) is 10.6. The molecule has 168 valence electrons. The molecule has 1 heterocycles. The van der Waals surface area contributed by atoms with Crippen LogP contribution >= 0.6 is 0 Å². The minimum Gasteiger partial charge on any atom is -0.435 e. The number of nitrogens with two attached hydrogens (primary N) is 1.